The van der Waals surface area contributed by atoms with Crippen LogP contribution in [0, 0.1) is 10.8 Å². The van der Waals surface area contributed by atoms with Gasteiger partial charge in [-0.15, -0.1) is 0 Å². The molecule has 2 amide bonds. The molecule has 1 aliphatic carbocycles. The molecule has 0 atom stereocenters. The van der Waals surface area contributed by atoms with Gasteiger partial charge in [0.2, 0.25) is 11.8 Å². The molecule has 0 spiro atoms. The van der Waals surface area contributed by atoms with Gasteiger partial charge < -0.3 is 15.8 Å². The van der Waals surface area contributed by atoms with E-state index in [0.29, 0.717) is 12.8 Å². The van der Waals surface area contributed by atoms with E-state index in [2.05, 4.69) is 10.5 Å². The number of nitrogens with two attached hydrogens (primary N) is 1. The maximum atomic E-state index is 10.7. The van der Waals surface area contributed by atoms with Crippen molar-refractivity contribution >= 4 is 11.8 Å². The van der Waals surface area contributed by atoms with Gasteiger partial charge in [0.05, 0.1) is 6.10 Å². The third-order valence-electron chi connectivity index (χ3n) is 2.29. The molecule has 0 saturated heterocycles. The molecule has 1 aliphatic rings. The molecule has 0 heterocycles. The highest BCUT2D eigenvalue weighted by Crippen LogP contribution is 2.29. The molecule has 1 rings (SSSR count). The lowest BCUT2D eigenvalue weighted by molar-refractivity contribution is -0.133. The second-order valence-electron chi connectivity index (χ2n) is 3.39. The van der Waals surface area contributed by atoms with Crippen LogP contribution in [0.2, 0.25) is 0 Å². The molecular formula is C8H13N3O4. The Bertz CT molecular complexity index is 263. The number of amides is 2. The molecule has 7 heteroatoms. The normalized spacial score (nSPS) is 24.0. The van der Waals surface area contributed by atoms with Crippen molar-refractivity contribution in [2.75, 3.05) is 13.3 Å². The van der Waals surface area contributed by atoms with Gasteiger partial charge in [-0.05, 0) is 12.8 Å². The summed E-state index contributed by atoms with van der Waals surface area (Å²) in [6.07, 6.45) is 1.15. The van der Waals surface area contributed by atoms with Gasteiger partial charge in [-0.1, -0.05) is 5.18 Å². The van der Waals surface area contributed by atoms with Gasteiger partial charge in [-0.2, -0.15) is 4.91 Å². The predicted molar refractivity (Wildman–Crippen MR) is 50.5 cm³/mol. The van der Waals surface area contributed by atoms with Crippen molar-refractivity contribution < 1.29 is 14.3 Å². The van der Waals surface area contributed by atoms with Crippen molar-refractivity contribution in [2.24, 2.45) is 16.8 Å². The first-order valence-corrected chi connectivity index (χ1v) is 4.60. The predicted octanol–water partition coefficient (Wildman–Crippen LogP) is -0.893. The molecule has 1 fully saturated rings. The smallest absolute Gasteiger partial charge is 0.247 e. The van der Waals surface area contributed by atoms with Crippen LogP contribution in [0.15, 0.2) is 5.18 Å². The summed E-state index contributed by atoms with van der Waals surface area (Å²) in [6.45, 7) is -0.373. The minimum Gasteiger partial charge on any atom is -0.369 e. The fourth-order valence-electron chi connectivity index (χ4n) is 1.29. The number of ether oxygens (including phenoxy) is 1. The van der Waals surface area contributed by atoms with Crippen LogP contribution in [0.1, 0.15) is 12.8 Å². The van der Waals surface area contributed by atoms with E-state index in [-0.39, 0.29) is 24.7 Å². The van der Waals surface area contributed by atoms with E-state index in [1.165, 1.54) is 0 Å². The lowest BCUT2D eigenvalue weighted by atomic mass is 9.82. The van der Waals surface area contributed by atoms with Crippen LogP contribution >= 0.6 is 0 Å². The molecule has 0 unspecified atom stereocenters. The quantitative estimate of drug-likeness (QED) is 0.442. The number of hydrogen-bond donors (Lipinski definition) is 2. The van der Waals surface area contributed by atoms with Crippen molar-refractivity contribution in [1.82, 2.24) is 5.32 Å². The van der Waals surface area contributed by atoms with E-state index >= 15 is 0 Å². The zero-order valence-electron chi connectivity index (χ0n) is 8.14. The molecule has 0 aromatic carbocycles. The molecule has 1 saturated carbocycles. The summed E-state index contributed by atoms with van der Waals surface area (Å²) in [5, 5.41) is 4.78. The Morgan fingerprint density at radius 2 is 2.13 bits per heavy atom. The van der Waals surface area contributed by atoms with Crippen LogP contribution in [0.25, 0.3) is 0 Å². The van der Waals surface area contributed by atoms with Gasteiger partial charge in [-0.25, -0.2) is 0 Å². The number of primary amides is 1. The maximum Gasteiger partial charge on any atom is 0.247 e. The van der Waals surface area contributed by atoms with Crippen molar-refractivity contribution in [3.63, 3.8) is 0 Å². The molecule has 0 aromatic rings. The molecule has 0 bridgehead atoms. The number of rotatable bonds is 6. The zero-order valence-corrected chi connectivity index (χ0v) is 8.14. The highest BCUT2D eigenvalue weighted by molar-refractivity contribution is 5.78. The molecule has 0 radical (unpaired) electrons. The number of nitrogens with one attached hydrogen (secondary N) is 1. The third kappa shape index (κ3) is 3.62. The Morgan fingerprint density at radius 1 is 1.47 bits per heavy atom. The largest absolute Gasteiger partial charge is 0.369 e. The van der Waals surface area contributed by atoms with E-state index in [0.717, 1.165) is 0 Å². The van der Waals surface area contributed by atoms with Crippen molar-refractivity contribution in [2.45, 2.75) is 18.9 Å². The first kappa shape index (κ1) is 11.6. The van der Waals surface area contributed by atoms with Crippen molar-refractivity contribution in [1.29, 1.82) is 0 Å². The van der Waals surface area contributed by atoms with Crippen molar-refractivity contribution in [3.8, 4) is 0 Å². The van der Waals surface area contributed by atoms with E-state index in [1.54, 1.807) is 0 Å². The number of carbonyl (C=O) groups excluding carboxylic acids is 2. The number of carbonyl (C=O) groups is 2. The Kier molecular flexibility index (Phi) is 4.17. The SMILES string of the molecule is NC(=O)[C@H]1C[C@@H](OCNC(=O)CN=O)C1. The minimum atomic E-state index is -0.476. The maximum absolute atomic E-state index is 10.7. The van der Waals surface area contributed by atoms with E-state index in [4.69, 9.17) is 10.5 Å². The second kappa shape index (κ2) is 5.40. The van der Waals surface area contributed by atoms with Gasteiger partial charge in [-0.3, -0.25) is 9.59 Å². The van der Waals surface area contributed by atoms with E-state index in [1.807, 2.05) is 0 Å². The number of nitrogens with zero attached hydrogens (tertiary/aromatic N) is 1. The Morgan fingerprint density at radius 3 is 2.67 bits per heavy atom. The van der Waals surface area contributed by atoms with Gasteiger partial charge in [0, 0.05) is 5.92 Å². The topological polar surface area (TPSA) is 111 Å². The van der Waals surface area contributed by atoms with Gasteiger partial charge in [0.1, 0.15) is 6.73 Å². The summed E-state index contributed by atoms with van der Waals surface area (Å²) < 4.78 is 5.19. The molecule has 0 aliphatic heterocycles. The van der Waals surface area contributed by atoms with Crippen LogP contribution < -0.4 is 11.1 Å². The summed E-state index contributed by atoms with van der Waals surface area (Å²) >= 11 is 0. The lowest BCUT2D eigenvalue weighted by Gasteiger charge is -2.32. The Labute approximate surface area is 86.3 Å². The summed E-state index contributed by atoms with van der Waals surface area (Å²) in [6, 6.07) is 0. The summed E-state index contributed by atoms with van der Waals surface area (Å²) in [4.78, 5) is 31.1. The zero-order chi connectivity index (χ0) is 11.3. The fourth-order valence-corrected chi connectivity index (χ4v) is 1.29. The highest BCUT2D eigenvalue weighted by Gasteiger charge is 2.33. The first-order chi connectivity index (χ1) is 7.13. The number of hydrogen-bond acceptors (Lipinski definition) is 5. The Hall–Kier alpha value is -1.50. The summed E-state index contributed by atoms with van der Waals surface area (Å²) in [5.41, 5.74) is 5.07. The van der Waals surface area contributed by atoms with Gasteiger partial charge in [0.15, 0.2) is 6.54 Å². The number of nitroso groups, excluding NO2 is 1. The fraction of sp³-hybridized carbons (Fsp3) is 0.750. The first-order valence-electron chi connectivity index (χ1n) is 4.60. The second-order valence-corrected chi connectivity index (χ2v) is 3.39. The van der Waals surface area contributed by atoms with Gasteiger partial charge in [0.25, 0.3) is 0 Å². The van der Waals surface area contributed by atoms with Crippen molar-refractivity contribution in [3.05, 3.63) is 4.91 Å². The third-order valence-corrected chi connectivity index (χ3v) is 2.29. The lowest BCUT2D eigenvalue weighted by Crippen LogP contribution is -2.41. The van der Waals surface area contributed by atoms with Crippen LogP contribution in [-0.4, -0.2) is 31.2 Å². The monoisotopic (exact) mass is 215 g/mol. The molecule has 84 valence electrons. The summed E-state index contributed by atoms with van der Waals surface area (Å²) in [7, 11) is 0. The van der Waals surface area contributed by atoms with Crippen LogP contribution in [0.3, 0.4) is 0 Å². The van der Waals surface area contributed by atoms with E-state index in [9.17, 15) is 14.5 Å². The van der Waals surface area contributed by atoms with Crippen LogP contribution in [-0.2, 0) is 14.3 Å². The van der Waals surface area contributed by atoms with Gasteiger partial charge >= 0.3 is 0 Å². The molecule has 0 aromatic heterocycles. The molecule has 15 heavy (non-hydrogen) atoms. The van der Waals surface area contributed by atoms with Crippen LogP contribution in [0.4, 0.5) is 0 Å². The molecule has 7 nitrogen and oxygen atoms in total. The van der Waals surface area contributed by atoms with Crippen LogP contribution in [0.5, 0.6) is 0 Å². The Balaban J connectivity index is 2.01. The molecule has 3 N–H and O–H groups in total. The summed E-state index contributed by atoms with van der Waals surface area (Å²) in [5.74, 6) is -0.901. The average Bonchev–Trinajstić information content (AvgIpc) is 2.08. The average molecular weight is 215 g/mol. The highest BCUT2D eigenvalue weighted by atomic mass is 16.5. The van der Waals surface area contributed by atoms with E-state index < -0.39 is 12.5 Å². The standard InChI is InChI=1S/C8H13N3O4/c9-8(13)5-1-6(2-5)15-4-10-7(12)3-11-14/h5-6H,1-4H2,(H2,9,13)(H,10,12)/t5-,6+. The molecular weight excluding hydrogens is 202 g/mol. The minimum absolute atomic E-state index is 0.0322.